The van der Waals surface area contributed by atoms with E-state index in [0.29, 0.717) is 0 Å². The zero-order valence-corrected chi connectivity index (χ0v) is 10.2. The summed E-state index contributed by atoms with van der Waals surface area (Å²) >= 11 is 0. The third-order valence-electron chi connectivity index (χ3n) is 2.27. The van der Waals surface area contributed by atoms with Gasteiger partial charge >= 0.3 is 11.9 Å². The standard InChI is InChI=1S/2C7H6O3/c2*8-6-4-2-1-3-5(6)7(9)10/h2*1-4,8H,(H,9,10). The van der Waals surface area contributed by atoms with Crippen LogP contribution in [-0.2, 0) is 0 Å². The van der Waals surface area contributed by atoms with Crippen LogP contribution in [0.2, 0.25) is 0 Å². The number of carboxylic acid groups (broad SMARTS) is 2. The van der Waals surface area contributed by atoms with Gasteiger partial charge in [-0.15, -0.1) is 0 Å². The smallest absolute Gasteiger partial charge is 0.339 e. The van der Waals surface area contributed by atoms with Gasteiger partial charge in [-0.2, -0.15) is 0 Å². The monoisotopic (exact) mass is 276 g/mol. The van der Waals surface area contributed by atoms with Crippen molar-refractivity contribution < 1.29 is 30.0 Å². The highest BCUT2D eigenvalue weighted by Crippen LogP contribution is 2.15. The van der Waals surface area contributed by atoms with Crippen LogP contribution in [0.4, 0.5) is 0 Å². The van der Waals surface area contributed by atoms with Crippen LogP contribution in [0.25, 0.3) is 0 Å². The van der Waals surface area contributed by atoms with Gasteiger partial charge in [0.2, 0.25) is 0 Å². The minimum atomic E-state index is -1.11. The predicted octanol–water partition coefficient (Wildman–Crippen LogP) is 2.18. The minimum absolute atomic E-state index is 0.0671. The molecule has 0 saturated carbocycles. The van der Waals surface area contributed by atoms with E-state index in [9.17, 15) is 9.59 Å². The topological polar surface area (TPSA) is 115 Å². The second-order valence-corrected chi connectivity index (χ2v) is 3.64. The quantitative estimate of drug-likeness (QED) is 0.668. The van der Waals surface area contributed by atoms with Crippen molar-refractivity contribution in [3.8, 4) is 11.5 Å². The van der Waals surface area contributed by atoms with Gasteiger partial charge in [0.1, 0.15) is 22.6 Å². The molecule has 0 unspecified atom stereocenters. The van der Waals surface area contributed by atoms with E-state index >= 15 is 0 Å². The summed E-state index contributed by atoms with van der Waals surface area (Å²) in [6.45, 7) is 0. The van der Waals surface area contributed by atoms with E-state index in [2.05, 4.69) is 0 Å². The molecule has 0 amide bonds. The molecule has 0 atom stereocenters. The Morgan fingerprint density at radius 3 is 1.15 bits per heavy atom. The van der Waals surface area contributed by atoms with E-state index in [1.54, 1.807) is 24.3 Å². The Morgan fingerprint density at radius 1 is 0.650 bits per heavy atom. The van der Waals surface area contributed by atoms with E-state index in [4.69, 9.17) is 20.4 Å². The van der Waals surface area contributed by atoms with Crippen molar-refractivity contribution in [2.24, 2.45) is 0 Å². The lowest BCUT2D eigenvalue weighted by Crippen LogP contribution is -1.95. The molecule has 6 heteroatoms. The fourth-order valence-corrected chi connectivity index (χ4v) is 1.31. The van der Waals surface area contributed by atoms with Crippen molar-refractivity contribution in [2.45, 2.75) is 0 Å². The largest absolute Gasteiger partial charge is 0.507 e. The Hall–Kier alpha value is -3.02. The van der Waals surface area contributed by atoms with Gasteiger partial charge in [0, 0.05) is 0 Å². The van der Waals surface area contributed by atoms with Gasteiger partial charge in [-0.1, -0.05) is 24.3 Å². The molecule has 20 heavy (non-hydrogen) atoms. The van der Waals surface area contributed by atoms with Crippen molar-refractivity contribution >= 4 is 11.9 Å². The third kappa shape index (κ3) is 4.02. The number of hydrogen-bond donors (Lipinski definition) is 4. The highest BCUT2D eigenvalue weighted by Gasteiger charge is 2.06. The predicted molar refractivity (Wildman–Crippen MR) is 70.1 cm³/mol. The molecule has 2 aromatic carbocycles. The Bertz CT molecular complexity index is 565. The highest BCUT2D eigenvalue weighted by atomic mass is 16.4. The molecule has 2 rings (SSSR count). The molecule has 0 saturated heterocycles. The van der Waals surface area contributed by atoms with Crippen molar-refractivity contribution in [3.05, 3.63) is 59.7 Å². The lowest BCUT2D eigenvalue weighted by Gasteiger charge is -1.95. The van der Waals surface area contributed by atoms with Crippen molar-refractivity contribution in [1.82, 2.24) is 0 Å². The fourth-order valence-electron chi connectivity index (χ4n) is 1.31. The maximum absolute atomic E-state index is 10.3. The number of benzene rings is 2. The number of hydrogen-bond acceptors (Lipinski definition) is 4. The van der Waals surface area contributed by atoms with Crippen molar-refractivity contribution in [2.75, 3.05) is 0 Å². The van der Waals surface area contributed by atoms with E-state index in [-0.39, 0.29) is 22.6 Å². The van der Waals surface area contributed by atoms with Gasteiger partial charge in [-0.25, -0.2) is 9.59 Å². The average Bonchev–Trinajstić information content (AvgIpc) is 2.40. The summed E-state index contributed by atoms with van der Waals surface area (Å²) < 4.78 is 0. The summed E-state index contributed by atoms with van der Waals surface area (Å²) in [7, 11) is 0. The molecule has 0 aliphatic heterocycles. The van der Waals surface area contributed by atoms with Gasteiger partial charge in [0.25, 0.3) is 0 Å². The molecule has 0 bridgehead atoms. The molecular weight excluding hydrogens is 264 g/mol. The second kappa shape index (κ2) is 6.79. The van der Waals surface area contributed by atoms with Gasteiger partial charge in [0.05, 0.1) is 0 Å². The molecule has 0 aromatic heterocycles. The molecule has 0 radical (unpaired) electrons. The van der Waals surface area contributed by atoms with Crippen LogP contribution in [0, 0.1) is 0 Å². The van der Waals surface area contributed by atoms with Crippen LogP contribution in [0.5, 0.6) is 11.5 Å². The molecule has 0 aliphatic rings. The Labute approximate surface area is 114 Å². The number of para-hydroxylation sites is 2. The SMILES string of the molecule is O=C(O)c1ccccc1O.O=C(O)c1ccccc1O. The molecular formula is C14H12O6. The molecule has 0 spiro atoms. The third-order valence-corrected chi connectivity index (χ3v) is 2.27. The molecule has 0 aliphatic carbocycles. The molecule has 0 fully saturated rings. The maximum Gasteiger partial charge on any atom is 0.339 e. The Morgan fingerprint density at radius 2 is 0.950 bits per heavy atom. The molecule has 2 aromatic rings. The minimum Gasteiger partial charge on any atom is -0.507 e. The zero-order chi connectivity index (χ0) is 15.1. The number of carboxylic acids is 2. The fraction of sp³-hybridized carbons (Fsp3) is 0. The number of aromatic hydroxyl groups is 2. The summed E-state index contributed by atoms with van der Waals surface area (Å²) in [5.41, 5.74) is -0.134. The van der Waals surface area contributed by atoms with Gasteiger partial charge < -0.3 is 20.4 Å². The van der Waals surface area contributed by atoms with E-state index in [1.165, 1.54) is 24.3 Å². The number of aromatic carboxylic acids is 2. The summed E-state index contributed by atoms with van der Waals surface area (Å²) in [6, 6.07) is 11.6. The van der Waals surface area contributed by atoms with Gasteiger partial charge in [-0.3, -0.25) is 0 Å². The maximum atomic E-state index is 10.3. The molecule has 4 N–H and O–H groups in total. The first kappa shape index (κ1) is 15.0. The van der Waals surface area contributed by atoms with Crippen LogP contribution >= 0.6 is 0 Å². The average molecular weight is 276 g/mol. The van der Waals surface area contributed by atoms with Crippen molar-refractivity contribution in [3.63, 3.8) is 0 Å². The lowest BCUT2D eigenvalue weighted by molar-refractivity contribution is 0.0682. The van der Waals surface area contributed by atoms with Gasteiger partial charge in [0.15, 0.2) is 0 Å². The van der Waals surface area contributed by atoms with E-state index < -0.39 is 11.9 Å². The van der Waals surface area contributed by atoms with Crippen LogP contribution in [-0.4, -0.2) is 32.4 Å². The summed E-state index contributed by atoms with van der Waals surface area (Å²) in [5, 5.41) is 34.6. The van der Waals surface area contributed by atoms with Crippen LogP contribution in [0.1, 0.15) is 20.7 Å². The summed E-state index contributed by atoms with van der Waals surface area (Å²) in [6.07, 6.45) is 0. The first-order chi connectivity index (χ1) is 9.43. The van der Waals surface area contributed by atoms with Crippen LogP contribution < -0.4 is 0 Å². The normalized spacial score (nSPS) is 9.20. The van der Waals surface area contributed by atoms with Crippen LogP contribution in [0.3, 0.4) is 0 Å². The van der Waals surface area contributed by atoms with E-state index in [1.807, 2.05) is 0 Å². The highest BCUT2D eigenvalue weighted by molar-refractivity contribution is 5.91. The first-order valence-corrected chi connectivity index (χ1v) is 5.46. The second-order valence-electron chi connectivity index (χ2n) is 3.64. The van der Waals surface area contributed by atoms with Crippen molar-refractivity contribution in [1.29, 1.82) is 0 Å². The summed E-state index contributed by atoms with van der Waals surface area (Å²) in [4.78, 5) is 20.5. The number of rotatable bonds is 2. The Kier molecular flexibility index (Phi) is 5.11. The van der Waals surface area contributed by atoms with E-state index in [0.717, 1.165) is 0 Å². The van der Waals surface area contributed by atoms with Gasteiger partial charge in [-0.05, 0) is 24.3 Å². The molecule has 6 nitrogen and oxygen atoms in total. The first-order valence-electron chi connectivity index (χ1n) is 5.46. The van der Waals surface area contributed by atoms with Crippen LogP contribution in [0.15, 0.2) is 48.5 Å². The summed E-state index contributed by atoms with van der Waals surface area (Å²) in [5.74, 6) is -2.62. The molecule has 104 valence electrons. The number of carbonyl (C=O) groups is 2. The zero-order valence-electron chi connectivity index (χ0n) is 10.2. The number of phenols is 2. The lowest BCUT2D eigenvalue weighted by atomic mass is 10.2. The Balaban J connectivity index is 0.000000200. The molecule has 0 heterocycles.